The summed E-state index contributed by atoms with van der Waals surface area (Å²) in [5, 5.41) is 39.6. The van der Waals surface area contributed by atoms with Crippen molar-refractivity contribution < 1.29 is 53.7 Å². The van der Waals surface area contributed by atoms with Crippen molar-refractivity contribution in [3.63, 3.8) is 0 Å². The van der Waals surface area contributed by atoms with Gasteiger partial charge in [-0.1, -0.05) is 62.4 Å². The van der Waals surface area contributed by atoms with Crippen molar-refractivity contribution in [1.29, 1.82) is 0 Å². The van der Waals surface area contributed by atoms with E-state index in [2.05, 4.69) is 26.6 Å². The first kappa shape index (κ1) is 40.1. The van der Waals surface area contributed by atoms with Crippen molar-refractivity contribution in [2.75, 3.05) is 0 Å². The molecule has 6 atom stereocenters. The normalized spacial score (nSPS) is 16.7. The Hall–Kier alpha value is -5.06. The predicted molar refractivity (Wildman–Crippen MR) is 172 cm³/mol. The van der Waals surface area contributed by atoms with Crippen molar-refractivity contribution in [3.05, 3.63) is 35.9 Å². The molecule has 0 spiro atoms. The molecule has 270 valence electrons. The Bertz CT molecular complexity index is 1350. The smallest absolute Gasteiger partial charge is 0.326 e. The summed E-state index contributed by atoms with van der Waals surface area (Å²) in [4.78, 5) is 98.5. The zero-order chi connectivity index (χ0) is 36.7. The summed E-state index contributed by atoms with van der Waals surface area (Å²) < 4.78 is 0. The van der Waals surface area contributed by atoms with Gasteiger partial charge in [0.15, 0.2) is 0 Å². The molecule has 1 saturated carbocycles. The zero-order valence-corrected chi connectivity index (χ0v) is 27.5. The lowest BCUT2D eigenvalue weighted by Gasteiger charge is -2.27. The van der Waals surface area contributed by atoms with Gasteiger partial charge >= 0.3 is 17.9 Å². The molecule has 0 aliphatic heterocycles. The van der Waals surface area contributed by atoms with E-state index in [1.54, 1.807) is 30.3 Å². The van der Waals surface area contributed by atoms with Crippen molar-refractivity contribution in [2.24, 2.45) is 11.7 Å². The summed E-state index contributed by atoms with van der Waals surface area (Å²) in [5.41, 5.74) is 6.16. The average Bonchev–Trinajstić information content (AvgIpc) is 3.03. The molecular weight excluding hydrogens is 644 g/mol. The van der Waals surface area contributed by atoms with Crippen LogP contribution in [0.15, 0.2) is 30.3 Å². The second-order valence-electron chi connectivity index (χ2n) is 12.2. The van der Waals surface area contributed by atoms with Crippen molar-refractivity contribution in [2.45, 2.75) is 108 Å². The van der Waals surface area contributed by atoms with Crippen LogP contribution in [0.2, 0.25) is 0 Å². The topological polar surface area (TPSA) is 283 Å². The third-order valence-corrected chi connectivity index (χ3v) is 8.07. The number of carboxylic acids is 3. The third kappa shape index (κ3) is 14.3. The average molecular weight is 691 g/mol. The van der Waals surface area contributed by atoms with Gasteiger partial charge in [0.2, 0.25) is 29.5 Å². The van der Waals surface area contributed by atoms with E-state index in [1.807, 2.05) is 0 Å². The van der Waals surface area contributed by atoms with E-state index in [4.69, 9.17) is 15.9 Å². The van der Waals surface area contributed by atoms with E-state index in [0.717, 1.165) is 32.1 Å². The summed E-state index contributed by atoms with van der Waals surface area (Å²) in [6.07, 6.45) is 3.41. The Morgan fingerprint density at radius 1 is 0.653 bits per heavy atom. The molecule has 1 aromatic carbocycles. The van der Waals surface area contributed by atoms with Crippen LogP contribution in [-0.2, 0) is 44.8 Å². The molecule has 1 fully saturated rings. The van der Waals surface area contributed by atoms with Gasteiger partial charge in [-0.3, -0.25) is 33.6 Å². The van der Waals surface area contributed by atoms with Gasteiger partial charge in [0.1, 0.15) is 30.2 Å². The van der Waals surface area contributed by atoms with Gasteiger partial charge in [0, 0.05) is 6.42 Å². The van der Waals surface area contributed by atoms with Crippen LogP contribution >= 0.6 is 0 Å². The molecule has 0 saturated heterocycles. The van der Waals surface area contributed by atoms with Crippen LogP contribution in [0.25, 0.3) is 0 Å². The monoisotopic (exact) mass is 690 g/mol. The Balaban J connectivity index is 2.07. The zero-order valence-electron chi connectivity index (χ0n) is 27.5. The van der Waals surface area contributed by atoms with Crippen LogP contribution in [0.5, 0.6) is 0 Å². The minimum absolute atomic E-state index is 0.0219. The summed E-state index contributed by atoms with van der Waals surface area (Å²) in [7, 11) is 0. The van der Waals surface area contributed by atoms with Crippen LogP contribution in [-0.4, -0.2) is 99.0 Å². The highest BCUT2D eigenvalue weighted by atomic mass is 16.4. The van der Waals surface area contributed by atoms with Crippen molar-refractivity contribution in [1.82, 2.24) is 26.6 Å². The number of hydrogen-bond acceptors (Lipinski definition) is 9. The summed E-state index contributed by atoms with van der Waals surface area (Å²) in [5.74, 6) is -8.46. The first-order valence-electron chi connectivity index (χ1n) is 16.0. The molecule has 0 aromatic heterocycles. The highest BCUT2D eigenvalue weighted by Crippen LogP contribution is 2.27. The first-order chi connectivity index (χ1) is 23.1. The highest BCUT2D eigenvalue weighted by molar-refractivity contribution is 5.97. The van der Waals surface area contributed by atoms with Crippen LogP contribution in [0.3, 0.4) is 0 Å². The van der Waals surface area contributed by atoms with E-state index in [-0.39, 0.29) is 18.8 Å². The maximum absolute atomic E-state index is 13.4. The SMILES string of the molecule is C[C@H](NC(=O)[C@H](C)NC(=O)[C@H](CC(=O)O)NC(=O)[C@@H](N)CC(=O)O)C(=O)N[C@@H](Cc1ccccc1)C(=O)N[C@@H](CC1CCCCC1)C(=O)O. The van der Waals surface area contributed by atoms with Gasteiger partial charge in [-0.15, -0.1) is 0 Å². The van der Waals surface area contributed by atoms with Gasteiger partial charge in [0.25, 0.3) is 0 Å². The van der Waals surface area contributed by atoms with Gasteiger partial charge in [-0.05, 0) is 31.7 Å². The summed E-state index contributed by atoms with van der Waals surface area (Å²) >= 11 is 0. The van der Waals surface area contributed by atoms with Gasteiger partial charge in [-0.2, -0.15) is 0 Å². The first-order valence-corrected chi connectivity index (χ1v) is 16.0. The second kappa shape index (κ2) is 19.7. The lowest BCUT2D eigenvalue weighted by molar-refractivity contribution is -0.143. The van der Waals surface area contributed by atoms with Crippen molar-refractivity contribution >= 4 is 47.4 Å². The van der Waals surface area contributed by atoms with E-state index >= 15 is 0 Å². The molecule has 0 heterocycles. The minimum Gasteiger partial charge on any atom is -0.481 e. The lowest BCUT2D eigenvalue weighted by atomic mass is 9.84. The number of carbonyl (C=O) groups excluding carboxylic acids is 5. The number of benzene rings is 1. The van der Waals surface area contributed by atoms with Gasteiger partial charge < -0.3 is 47.6 Å². The van der Waals surface area contributed by atoms with E-state index in [1.165, 1.54) is 13.8 Å². The molecule has 17 heteroatoms. The molecule has 1 aromatic rings. The molecule has 17 nitrogen and oxygen atoms in total. The van der Waals surface area contributed by atoms with Crippen molar-refractivity contribution in [3.8, 4) is 0 Å². The van der Waals surface area contributed by atoms with E-state index in [9.17, 15) is 43.5 Å². The Kier molecular flexibility index (Phi) is 16.1. The molecule has 5 amide bonds. The van der Waals surface area contributed by atoms with Crippen LogP contribution in [0, 0.1) is 5.92 Å². The number of nitrogens with one attached hydrogen (secondary N) is 5. The number of rotatable bonds is 19. The van der Waals surface area contributed by atoms with Crippen LogP contribution in [0.4, 0.5) is 0 Å². The quantitative estimate of drug-likeness (QED) is 0.0847. The standard InChI is InChI=1S/C32H46N6O11/c1-17(35-30(46)23(16-26(41)42)37-29(45)21(33)15-25(39)40)27(43)34-18(2)28(44)36-22(13-19-9-5-3-6-10-19)31(47)38-24(32(48)49)14-20-11-7-4-8-12-20/h3,5-6,9-10,17-18,20-24H,4,7-8,11-16,33H2,1-2H3,(H,34,43)(H,35,46)(H,36,44)(H,37,45)(H,38,47)(H,39,40)(H,41,42)(H,48,49)/t17-,18-,21-,22-,23-,24-/m0/s1. The Morgan fingerprint density at radius 3 is 1.69 bits per heavy atom. The largest absolute Gasteiger partial charge is 0.481 e. The Labute approximate surface area is 283 Å². The maximum atomic E-state index is 13.4. The third-order valence-electron chi connectivity index (χ3n) is 8.07. The number of hydrogen-bond donors (Lipinski definition) is 9. The highest BCUT2D eigenvalue weighted by Gasteiger charge is 2.32. The predicted octanol–water partition coefficient (Wildman–Crippen LogP) is -0.975. The molecule has 49 heavy (non-hydrogen) atoms. The van der Waals surface area contributed by atoms with E-state index < -0.39 is 96.5 Å². The molecule has 10 N–H and O–H groups in total. The summed E-state index contributed by atoms with van der Waals surface area (Å²) in [6.45, 7) is 2.55. The van der Waals surface area contributed by atoms with Gasteiger partial charge in [0.05, 0.1) is 18.9 Å². The molecule has 0 bridgehead atoms. The molecule has 0 unspecified atom stereocenters. The maximum Gasteiger partial charge on any atom is 0.326 e. The number of carbonyl (C=O) groups is 8. The number of aliphatic carboxylic acids is 3. The van der Waals surface area contributed by atoms with E-state index in [0.29, 0.717) is 5.56 Å². The number of amides is 5. The number of carboxylic acid groups (broad SMARTS) is 3. The summed E-state index contributed by atoms with van der Waals surface area (Å²) in [6, 6.07) is 0.495. The molecule has 2 rings (SSSR count). The molecular formula is C32H46N6O11. The Morgan fingerprint density at radius 2 is 1.14 bits per heavy atom. The fraction of sp³-hybridized carbons (Fsp3) is 0.562. The minimum atomic E-state index is -1.70. The molecule has 1 aliphatic rings. The second-order valence-corrected chi connectivity index (χ2v) is 12.2. The number of nitrogens with two attached hydrogens (primary N) is 1. The molecule has 0 radical (unpaired) electrons. The molecule has 1 aliphatic carbocycles. The van der Waals surface area contributed by atoms with Crippen LogP contribution < -0.4 is 32.3 Å². The fourth-order valence-corrected chi connectivity index (χ4v) is 5.33. The fourth-order valence-electron chi connectivity index (χ4n) is 5.33. The van der Waals surface area contributed by atoms with Gasteiger partial charge in [-0.25, -0.2) is 4.79 Å². The van der Waals surface area contributed by atoms with Crippen LogP contribution in [0.1, 0.15) is 70.8 Å². The lowest BCUT2D eigenvalue weighted by Crippen LogP contribution is -2.58.